The normalized spacial score (nSPS) is 17.3. The van der Waals surface area contributed by atoms with Crippen molar-refractivity contribution in [3.63, 3.8) is 0 Å². The maximum atomic E-state index is 13.4. The van der Waals surface area contributed by atoms with Crippen LogP contribution in [0.3, 0.4) is 0 Å². The van der Waals surface area contributed by atoms with E-state index in [0.29, 0.717) is 53.2 Å². The molecule has 0 atom stereocenters. The van der Waals surface area contributed by atoms with E-state index in [4.69, 9.17) is 14.2 Å². The van der Waals surface area contributed by atoms with Crippen LogP contribution in [0.4, 0.5) is 8.78 Å². The highest BCUT2D eigenvalue weighted by Gasteiger charge is 2.34. The van der Waals surface area contributed by atoms with Crippen molar-refractivity contribution in [1.82, 2.24) is 14.1 Å². The monoisotopic (exact) mass is 467 g/mol. The largest absolute Gasteiger partial charge is 0.376 e. The molecule has 0 saturated heterocycles. The van der Waals surface area contributed by atoms with Crippen molar-refractivity contribution in [2.75, 3.05) is 12.4 Å². The van der Waals surface area contributed by atoms with Gasteiger partial charge >= 0.3 is 0 Å². The summed E-state index contributed by atoms with van der Waals surface area (Å²) in [6, 6.07) is 3.48. The van der Waals surface area contributed by atoms with Crippen molar-refractivity contribution in [1.29, 1.82) is 0 Å². The fraction of sp³-hybridized carbons (Fsp3) is 0.545. The molecule has 10 heteroatoms. The van der Waals surface area contributed by atoms with Crippen LogP contribution in [-0.2, 0) is 21.4 Å². The third-order valence-corrected chi connectivity index (χ3v) is 7.72. The molecule has 0 amide bonds. The predicted molar refractivity (Wildman–Crippen MR) is 116 cm³/mol. The lowest BCUT2D eigenvalue weighted by Crippen LogP contribution is -2.26. The van der Waals surface area contributed by atoms with Crippen molar-refractivity contribution in [3.05, 3.63) is 35.3 Å². The van der Waals surface area contributed by atoms with Crippen LogP contribution in [0.5, 0.6) is 0 Å². The third kappa shape index (κ3) is 4.43. The van der Waals surface area contributed by atoms with Crippen LogP contribution >= 0.6 is 0 Å². The standard InChI is InChI=1S/C22H27F2N3O4S/c1-4-32(28,29)27-11-17(13-30-12-16-7-9-22(23,24)10-8-16)21-19(27)6-5-18(25-21)20-14(2)26-31-15(20)3/h5-6,11,16H,4,7-10,12-13H2,1-3H3. The van der Waals surface area contributed by atoms with Crippen molar-refractivity contribution >= 4 is 21.1 Å². The maximum absolute atomic E-state index is 13.4. The van der Waals surface area contributed by atoms with E-state index in [1.54, 1.807) is 32.2 Å². The lowest BCUT2D eigenvalue weighted by Gasteiger charge is -2.27. The molecule has 0 unspecified atom stereocenters. The van der Waals surface area contributed by atoms with E-state index in [1.807, 2.05) is 6.92 Å². The summed E-state index contributed by atoms with van der Waals surface area (Å²) >= 11 is 0. The molecular formula is C22H27F2N3O4S. The fourth-order valence-electron chi connectivity index (χ4n) is 4.20. The quantitative estimate of drug-likeness (QED) is 0.494. The molecule has 3 aromatic rings. The van der Waals surface area contributed by atoms with Crippen LogP contribution in [0.2, 0.25) is 0 Å². The summed E-state index contributed by atoms with van der Waals surface area (Å²) in [5.41, 5.74) is 3.73. The van der Waals surface area contributed by atoms with Gasteiger partial charge < -0.3 is 9.26 Å². The second kappa shape index (κ2) is 8.55. The van der Waals surface area contributed by atoms with Crippen LogP contribution in [0.1, 0.15) is 49.6 Å². The van der Waals surface area contributed by atoms with Gasteiger partial charge in [-0.25, -0.2) is 26.2 Å². The third-order valence-electron chi connectivity index (χ3n) is 6.09. The molecule has 1 aliphatic carbocycles. The average Bonchev–Trinajstić information content (AvgIpc) is 3.29. The molecule has 1 fully saturated rings. The number of fused-ring (bicyclic) bond motifs is 1. The van der Waals surface area contributed by atoms with Gasteiger partial charge in [-0.2, -0.15) is 0 Å². The van der Waals surface area contributed by atoms with E-state index >= 15 is 0 Å². The Bertz CT molecular complexity index is 1200. The summed E-state index contributed by atoms with van der Waals surface area (Å²) in [4.78, 5) is 4.73. The van der Waals surface area contributed by atoms with Crippen molar-refractivity contribution in [3.8, 4) is 11.3 Å². The Morgan fingerprint density at radius 3 is 2.59 bits per heavy atom. The zero-order valence-electron chi connectivity index (χ0n) is 18.4. The second-order valence-electron chi connectivity index (χ2n) is 8.43. The Labute approximate surface area is 185 Å². The molecular weight excluding hydrogens is 440 g/mol. The van der Waals surface area contributed by atoms with E-state index in [2.05, 4.69) is 5.16 Å². The summed E-state index contributed by atoms with van der Waals surface area (Å²) in [5.74, 6) is -1.93. The predicted octanol–water partition coefficient (Wildman–Crippen LogP) is 4.85. The van der Waals surface area contributed by atoms with Crippen LogP contribution < -0.4 is 0 Å². The first-order valence-electron chi connectivity index (χ1n) is 10.7. The van der Waals surface area contributed by atoms with Crippen LogP contribution in [0.25, 0.3) is 22.3 Å². The lowest BCUT2D eigenvalue weighted by molar-refractivity contribution is -0.0569. The topological polar surface area (TPSA) is 87.2 Å². The molecule has 1 aliphatic rings. The average molecular weight is 468 g/mol. The van der Waals surface area contributed by atoms with Crippen LogP contribution in [0.15, 0.2) is 22.9 Å². The van der Waals surface area contributed by atoms with E-state index in [0.717, 1.165) is 5.56 Å². The number of pyridine rings is 1. The molecule has 0 N–H and O–H groups in total. The molecule has 0 spiro atoms. The molecule has 32 heavy (non-hydrogen) atoms. The first kappa shape index (κ1) is 22.8. The fourth-order valence-corrected chi connectivity index (χ4v) is 5.22. The number of aryl methyl sites for hydroxylation is 2. The molecule has 0 bridgehead atoms. The second-order valence-corrected chi connectivity index (χ2v) is 10.6. The molecule has 7 nitrogen and oxygen atoms in total. The highest BCUT2D eigenvalue weighted by atomic mass is 32.2. The molecule has 4 rings (SSSR count). The summed E-state index contributed by atoms with van der Waals surface area (Å²) in [6.45, 7) is 5.70. The van der Waals surface area contributed by atoms with Gasteiger partial charge in [-0.15, -0.1) is 0 Å². The lowest BCUT2D eigenvalue weighted by atomic mass is 9.87. The summed E-state index contributed by atoms with van der Waals surface area (Å²) in [7, 11) is -3.54. The number of hydrogen-bond acceptors (Lipinski definition) is 6. The van der Waals surface area contributed by atoms with E-state index < -0.39 is 15.9 Å². The highest BCUT2D eigenvalue weighted by Crippen LogP contribution is 2.36. The smallest absolute Gasteiger partial charge is 0.248 e. The number of rotatable bonds is 7. The first-order valence-corrected chi connectivity index (χ1v) is 12.4. The van der Waals surface area contributed by atoms with E-state index in [9.17, 15) is 17.2 Å². The number of aromatic nitrogens is 3. The van der Waals surface area contributed by atoms with Crippen molar-refractivity contribution in [2.24, 2.45) is 5.92 Å². The Kier molecular flexibility index (Phi) is 6.10. The van der Waals surface area contributed by atoms with Gasteiger partial charge in [-0.05, 0) is 51.7 Å². The maximum Gasteiger partial charge on any atom is 0.248 e. The minimum atomic E-state index is -3.54. The van der Waals surface area contributed by atoms with E-state index in [1.165, 1.54) is 3.97 Å². The number of hydrogen-bond donors (Lipinski definition) is 0. The number of nitrogens with zero attached hydrogens (tertiary/aromatic N) is 3. The minimum absolute atomic E-state index is 0.0566. The van der Waals surface area contributed by atoms with Gasteiger partial charge in [-0.3, -0.25) is 0 Å². The summed E-state index contributed by atoms with van der Waals surface area (Å²) < 4.78 is 64.4. The van der Waals surface area contributed by atoms with Gasteiger partial charge in [0.1, 0.15) is 5.76 Å². The zero-order chi connectivity index (χ0) is 23.1. The summed E-state index contributed by atoms with van der Waals surface area (Å²) in [5, 5.41) is 3.97. The van der Waals surface area contributed by atoms with Gasteiger partial charge in [0.15, 0.2) is 0 Å². The first-order chi connectivity index (χ1) is 15.1. The zero-order valence-corrected chi connectivity index (χ0v) is 19.2. The molecule has 174 valence electrons. The van der Waals surface area contributed by atoms with Crippen LogP contribution in [0, 0.1) is 19.8 Å². The number of alkyl halides is 2. The molecule has 0 aliphatic heterocycles. The van der Waals surface area contributed by atoms with Gasteiger partial charge in [-0.1, -0.05) is 5.16 Å². The van der Waals surface area contributed by atoms with Crippen molar-refractivity contribution < 1.29 is 26.5 Å². The van der Waals surface area contributed by atoms with Gasteiger partial charge in [0.05, 0.1) is 40.3 Å². The summed E-state index contributed by atoms with van der Waals surface area (Å²) in [6.07, 6.45) is 2.17. The number of ether oxygens (including phenoxy) is 1. The Hall–Kier alpha value is -2.33. The molecule has 0 radical (unpaired) electrons. The van der Waals surface area contributed by atoms with Gasteiger partial charge in [0, 0.05) is 31.2 Å². The van der Waals surface area contributed by atoms with E-state index in [-0.39, 0.29) is 31.1 Å². The van der Waals surface area contributed by atoms with Gasteiger partial charge in [0.25, 0.3) is 0 Å². The van der Waals surface area contributed by atoms with Crippen molar-refractivity contribution in [2.45, 2.75) is 59.0 Å². The Morgan fingerprint density at radius 1 is 1.25 bits per heavy atom. The molecule has 3 heterocycles. The van der Waals surface area contributed by atoms with Gasteiger partial charge in [0.2, 0.25) is 15.9 Å². The molecule has 0 aromatic carbocycles. The Morgan fingerprint density at radius 2 is 1.97 bits per heavy atom. The van der Waals surface area contributed by atoms with Crippen LogP contribution in [-0.4, -0.2) is 40.8 Å². The molecule has 1 saturated carbocycles. The Balaban J connectivity index is 1.63. The highest BCUT2D eigenvalue weighted by molar-refractivity contribution is 7.90. The number of halogens is 2. The minimum Gasteiger partial charge on any atom is -0.376 e. The molecule has 3 aromatic heterocycles. The SMILES string of the molecule is CCS(=O)(=O)n1cc(COCC2CCC(F)(F)CC2)c2nc(-c3c(C)noc3C)ccc21.